The maximum Gasteiger partial charge on any atom is 0.328 e. The molecule has 0 amide bonds. The molecule has 4 nitrogen and oxygen atoms in total. The number of benzene rings is 1. The number of carboxylic acid groups (broad SMARTS) is 1. The van der Waals surface area contributed by atoms with Gasteiger partial charge < -0.3 is 9.84 Å². The molecular formula is C11H9ClO4. The molecule has 0 atom stereocenters. The van der Waals surface area contributed by atoms with Crippen molar-refractivity contribution in [2.45, 2.75) is 0 Å². The lowest BCUT2D eigenvalue weighted by atomic mass is 10.1. The molecular weight excluding hydrogens is 232 g/mol. The Morgan fingerprint density at radius 3 is 2.56 bits per heavy atom. The van der Waals surface area contributed by atoms with E-state index in [4.69, 9.17) is 21.4 Å². The van der Waals surface area contributed by atoms with Gasteiger partial charge in [0.25, 0.3) is 0 Å². The Hall–Kier alpha value is -1.81. The third kappa shape index (κ3) is 3.10. The van der Waals surface area contributed by atoms with Gasteiger partial charge in [0, 0.05) is 11.6 Å². The molecule has 0 heterocycles. The number of allylic oxidation sites excluding steroid dienone is 1. The summed E-state index contributed by atoms with van der Waals surface area (Å²) in [4.78, 5) is 21.7. The van der Waals surface area contributed by atoms with E-state index < -0.39 is 11.8 Å². The molecule has 0 aliphatic heterocycles. The van der Waals surface area contributed by atoms with Gasteiger partial charge in [-0.3, -0.25) is 4.79 Å². The maximum atomic E-state index is 11.5. The van der Waals surface area contributed by atoms with Crippen LogP contribution in [0.5, 0.6) is 5.75 Å². The normalized spacial score (nSPS) is 10.4. The molecule has 0 fully saturated rings. The van der Waals surface area contributed by atoms with Gasteiger partial charge in [-0.1, -0.05) is 11.6 Å². The van der Waals surface area contributed by atoms with E-state index in [9.17, 15) is 9.59 Å². The van der Waals surface area contributed by atoms with Crippen molar-refractivity contribution >= 4 is 23.4 Å². The number of carbonyl (C=O) groups excluding carboxylic acids is 1. The summed E-state index contributed by atoms with van der Waals surface area (Å²) in [6.07, 6.45) is 1.72. The molecule has 0 aliphatic carbocycles. The predicted molar refractivity (Wildman–Crippen MR) is 59.1 cm³/mol. The van der Waals surface area contributed by atoms with Crippen LogP contribution in [0.1, 0.15) is 10.4 Å². The largest absolute Gasteiger partial charge is 0.497 e. The first kappa shape index (κ1) is 12.3. The van der Waals surface area contributed by atoms with E-state index in [1.54, 1.807) is 6.07 Å². The summed E-state index contributed by atoms with van der Waals surface area (Å²) in [7, 11) is 1.48. The van der Waals surface area contributed by atoms with Crippen LogP contribution >= 0.6 is 11.6 Å². The summed E-state index contributed by atoms with van der Waals surface area (Å²) in [5.41, 5.74) is 0.236. The third-order valence-electron chi connectivity index (χ3n) is 1.82. The molecule has 1 aromatic carbocycles. The molecule has 16 heavy (non-hydrogen) atoms. The zero-order valence-electron chi connectivity index (χ0n) is 8.44. The fourth-order valence-corrected chi connectivity index (χ4v) is 1.32. The fraction of sp³-hybridized carbons (Fsp3) is 0.0909. The van der Waals surface area contributed by atoms with Gasteiger partial charge in [0.1, 0.15) is 5.75 Å². The van der Waals surface area contributed by atoms with Gasteiger partial charge in [0.2, 0.25) is 0 Å². The maximum absolute atomic E-state index is 11.5. The standard InChI is InChI=1S/C11H9ClO4/c1-16-7-2-3-8(9(12)6-7)10(13)4-5-11(14)15/h2-6H,1H3,(H,14,15)/b5-4+. The highest BCUT2D eigenvalue weighted by Crippen LogP contribution is 2.22. The molecule has 0 spiro atoms. The van der Waals surface area contributed by atoms with E-state index >= 15 is 0 Å². The van der Waals surface area contributed by atoms with E-state index in [2.05, 4.69) is 0 Å². The Morgan fingerprint density at radius 2 is 2.06 bits per heavy atom. The van der Waals surface area contributed by atoms with Crippen LogP contribution in [0.2, 0.25) is 5.02 Å². The van der Waals surface area contributed by atoms with Crippen molar-refractivity contribution < 1.29 is 19.4 Å². The Bertz CT molecular complexity index is 451. The van der Waals surface area contributed by atoms with Crippen molar-refractivity contribution in [1.29, 1.82) is 0 Å². The highest BCUT2D eigenvalue weighted by atomic mass is 35.5. The van der Waals surface area contributed by atoms with Crippen LogP contribution in [-0.2, 0) is 4.79 Å². The number of carboxylic acids is 1. The van der Waals surface area contributed by atoms with Gasteiger partial charge in [-0.25, -0.2) is 4.79 Å². The van der Waals surface area contributed by atoms with E-state index in [1.807, 2.05) is 0 Å². The summed E-state index contributed by atoms with van der Waals surface area (Å²) >= 11 is 5.84. The summed E-state index contributed by atoms with van der Waals surface area (Å²) in [6, 6.07) is 4.55. The molecule has 1 N–H and O–H groups in total. The predicted octanol–water partition coefficient (Wildman–Crippen LogP) is 2.17. The quantitative estimate of drug-likeness (QED) is 0.647. The molecule has 0 unspecified atom stereocenters. The molecule has 0 saturated heterocycles. The molecule has 0 radical (unpaired) electrons. The van der Waals surface area contributed by atoms with Gasteiger partial charge >= 0.3 is 5.97 Å². The van der Waals surface area contributed by atoms with Gasteiger partial charge in [-0.15, -0.1) is 0 Å². The topological polar surface area (TPSA) is 63.6 Å². The van der Waals surface area contributed by atoms with Crippen LogP contribution in [0.3, 0.4) is 0 Å². The Morgan fingerprint density at radius 1 is 1.38 bits per heavy atom. The lowest BCUT2D eigenvalue weighted by Gasteiger charge is -2.03. The minimum absolute atomic E-state index is 0.222. The summed E-state index contributed by atoms with van der Waals surface area (Å²) in [5.74, 6) is -1.11. The summed E-state index contributed by atoms with van der Waals surface area (Å²) in [6.45, 7) is 0. The number of rotatable bonds is 4. The number of methoxy groups -OCH3 is 1. The van der Waals surface area contributed by atoms with Gasteiger partial charge in [-0.05, 0) is 24.3 Å². The number of hydrogen-bond donors (Lipinski definition) is 1. The highest BCUT2D eigenvalue weighted by Gasteiger charge is 2.08. The number of ketones is 1. The van der Waals surface area contributed by atoms with Crippen LogP contribution in [0.15, 0.2) is 30.4 Å². The lowest BCUT2D eigenvalue weighted by molar-refractivity contribution is -0.131. The second-order valence-corrected chi connectivity index (χ2v) is 3.29. The number of halogens is 1. The molecule has 1 aromatic rings. The first-order chi connectivity index (χ1) is 7.54. The van der Waals surface area contributed by atoms with Crippen molar-refractivity contribution in [2.24, 2.45) is 0 Å². The Balaban J connectivity index is 2.96. The highest BCUT2D eigenvalue weighted by molar-refractivity contribution is 6.34. The monoisotopic (exact) mass is 240 g/mol. The van der Waals surface area contributed by atoms with Crippen LogP contribution in [0.25, 0.3) is 0 Å². The molecule has 0 aliphatic rings. The SMILES string of the molecule is COc1ccc(C(=O)/C=C/C(=O)O)c(Cl)c1. The fourth-order valence-electron chi connectivity index (χ4n) is 1.06. The summed E-state index contributed by atoms with van der Waals surface area (Å²) in [5, 5.41) is 8.59. The third-order valence-corrected chi connectivity index (χ3v) is 2.13. The van der Waals surface area contributed by atoms with Crippen molar-refractivity contribution in [3.05, 3.63) is 40.9 Å². The first-order valence-corrected chi connectivity index (χ1v) is 4.71. The van der Waals surface area contributed by atoms with E-state index in [0.29, 0.717) is 5.75 Å². The smallest absolute Gasteiger partial charge is 0.328 e. The molecule has 84 valence electrons. The van der Waals surface area contributed by atoms with Crippen molar-refractivity contribution in [3.63, 3.8) is 0 Å². The zero-order valence-corrected chi connectivity index (χ0v) is 9.19. The van der Waals surface area contributed by atoms with Crippen LogP contribution in [0, 0.1) is 0 Å². The number of hydrogen-bond acceptors (Lipinski definition) is 3. The second-order valence-electron chi connectivity index (χ2n) is 2.88. The lowest BCUT2D eigenvalue weighted by Crippen LogP contribution is -1.98. The molecule has 0 bridgehead atoms. The minimum atomic E-state index is -1.18. The van der Waals surface area contributed by atoms with Crippen LogP contribution in [0.4, 0.5) is 0 Å². The van der Waals surface area contributed by atoms with Gasteiger partial charge in [0.05, 0.1) is 12.1 Å². The Kier molecular flexibility index (Phi) is 4.08. The second kappa shape index (κ2) is 5.32. The van der Waals surface area contributed by atoms with E-state index in [-0.39, 0.29) is 10.6 Å². The summed E-state index contributed by atoms with van der Waals surface area (Å²) < 4.78 is 4.92. The van der Waals surface area contributed by atoms with E-state index in [0.717, 1.165) is 12.2 Å². The molecule has 0 aromatic heterocycles. The van der Waals surface area contributed by atoms with Crippen LogP contribution in [-0.4, -0.2) is 24.0 Å². The van der Waals surface area contributed by atoms with E-state index in [1.165, 1.54) is 19.2 Å². The number of ether oxygens (including phenoxy) is 1. The molecule has 1 rings (SSSR count). The minimum Gasteiger partial charge on any atom is -0.497 e. The zero-order chi connectivity index (χ0) is 12.1. The van der Waals surface area contributed by atoms with Crippen molar-refractivity contribution in [3.8, 4) is 5.75 Å². The average Bonchev–Trinajstić information content (AvgIpc) is 2.25. The van der Waals surface area contributed by atoms with Crippen molar-refractivity contribution in [2.75, 3.05) is 7.11 Å². The first-order valence-electron chi connectivity index (χ1n) is 4.33. The van der Waals surface area contributed by atoms with Crippen LogP contribution < -0.4 is 4.74 Å². The number of carbonyl (C=O) groups is 2. The van der Waals surface area contributed by atoms with Gasteiger partial charge in [-0.2, -0.15) is 0 Å². The molecule has 0 saturated carbocycles. The van der Waals surface area contributed by atoms with Gasteiger partial charge in [0.15, 0.2) is 5.78 Å². The number of aliphatic carboxylic acids is 1. The average molecular weight is 241 g/mol. The van der Waals surface area contributed by atoms with Crippen molar-refractivity contribution in [1.82, 2.24) is 0 Å². The molecule has 5 heteroatoms. The Labute approximate surface area is 97.1 Å².